The van der Waals surface area contributed by atoms with Crippen LogP contribution in [0.25, 0.3) is 6.08 Å². The van der Waals surface area contributed by atoms with Crippen molar-refractivity contribution >= 4 is 60.8 Å². The molecule has 2 amide bonds. The average molecular weight is 507 g/mol. The second-order valence-electron chi connectivity index (χ2n) is 5.58. The molecular formula is C20H13Br2NO3S. The number of halogens is 2. The maximum absolute atomic E-state index is 12.2. The highest BCUT2D eigenvalue weighted by atomic mass is 79.9. The van der Waals surface area contributed by atoms with Gasteiger partial charge in [0.05, 0.1) is 15.9 Å². The standard InChI is InChI=1S/C20H13Br2NO3S/c1-2-9-23-19(24)18(27-20(23)25)11-14-5-8-17(16(22)10-14)26-12-13-3-6-15(21)7-4-13/h1,3-8,10-11H,9,12H2/b18-11+. The van der Waals surface area contributed by atoms with Crippen LogP contribution in [0.2, 0.25) is 0 Å². The minimum atomic E-state index is -0.366. The lowest BCUT2D eigenvalue weighted by molar-refractivity contribution is -0.122. The van der Waals surface area contributed by atoms with Gasteiger partial charge in [-0.05, 0) is 69.2 Å². The fraction of sp³-hybridized carbons (Fsp3) is 0.100. The van der Waals surface area contributed by atoms with Gasteiger partial charge in [0.25, 0.3) is 11.1 Å². The molecule has 0 saturated carbocycles. The van der Waals surface area contributed by atoms with Gasteiger partial charge in [-0.15, -0.1) is 6.42 Å². The Hall–Kier alpha value is -2.01. The first-order valence-electron chi connectivity index (χ1n) is 7.83. The molecule has 136 valence electrons. The summed E-state index contributed by atoms with van der Waals surface area (Å²) in [5.74, 6) is 2.64. The lowest BCUT2D eigenvalue weighted by atomic mass is 10.2. The molecule has 3 rings (SSSR count). The molecule has 1 fully saturated rings. The van der Waals surface area contributed by atoms with Crippen molar-refractivity contribution < 1.29 is 14.3 Å². The molecule has 0 aromatic heterocycles. The maximum Gasteiger partial charge on any atom is 0.294 e. The number of benzene rings is 2. The predicted octanol–water partition coefficient (Wildman–Crippen LogP) is 5.46. The van der Waals surface area contributed by atoms with Crippen LogP contribution in [0.3, 0.4) is 0 Å². The molecular weight excluding hydrogens is 494 g/mol. The van der Waals surface area contributed by atoms with Crippen LogP contribution < -0.4 is 4.74 Å². The van der Waals surface area contributed by atoms with Crippen LogP contribution in [0.4, 0.5) is 4.79 Å². The van der Waals surface area contributed by atoms with Crippen molar-refractivity contribution in [3.05, 3.63) is 67.4 Å². The van der Waals surface area contributed by atoms with E-state index in [4.69, 9.17) is 11.2 Å². The van der Waals surface area contributed by atoms with Crippen LogP contribution in [0.1, 0.15) is 11.1 Å². The summed E-state index contributed by atoms with van der Waals surface area (Å²) in [6.45, 7) is 0.421. The summed E-state index contributed by atoms with van der Waals surface area (Å²) < 4.78 is 7.61. The van der Waals surface area contributed by atoms with Crippen LogP contribution in [-0.4, -0.2) is 22.6 Å². The van der Waals surface area contributed by atoms with Gasteiger partial charge in [0.1, 0.15) is 12.4 Å². The summed E-state index contributed by atoms with van der Waals surface area (Å²) in [5.41, 5.74) is 1.83. The smallest absolute Gasteiger partial charge is 0.294 e. The molecule has 0 N–H and O–H groups in total. The van der Waals surface area contributed by atoms with Gasteiger partial charge in [-0.1, -0.05) is 40.0 Å². The molecule has 2 aromatic rings. The lowest BCUT2D eigenvalue weighted by Crippen LogP contribution is -2.28. The third-order valence-corrected chi connectivity index (χ3v) is 5.74. The van der Waals surface area contributed by atoms with E-state index in [9.17, 15) is 9.59 Å². The number of hydrogen-bond donors (Lipinski definition) is 0. The quantitative estimate of drug-likeness (QED) is 0.399. The Kier molecular flexibility index (Phi) is 6.42. The van der Waals surface area contributed by atoms with Gasteiger partial charge in [-0.3, -0.25) is 14.5 Å². The molecule has 1 saturated heterocycles. The largest absolute Gasteiger partial charge is 0.488 e. The second-order valence-corrected chi connectivity index (χ2v) is 8.34. The molecule has 2 aromatic carbocycles. The Morgan fingerprint density at radius 1 is 1.15 bits per heavy atom. The number of ether oxygens (including phenoxy) is 1. The Morgan fingerprint density at radius 3 is 2.56 bits per heavy atom. The topological polar surface area (TPSA) is 46.6 Å². The minimum Gasteiger partial charge on any atom is -0.488 e. The molecule has 27 heavy (non-hydrogen) atoms. The molecule has 0 unspecified atom stereocenters. The van der Waals surface area contributed by atoms with Gasteiger partial charge in [0.2, 0.25) is 0 Å². The van der Waals surface area contributed by atoms with Crippen molar-refractivity contribution in [2.75, 3.05) is 6.54 Å². The van der Waals surface area contributed by atoms with E-state index in [1.807, 2.05) is 42.5 Å². The number of thioether (sulfide) groups is 1. The fourth-order valence-electron chi connectivity index (χ4n) is 2.34. The van der Waals surface area contributed by atoms with E-state index in [1.165, 1.54) is 0 Å². The fourth-order valence-corrected chi connectivity index (χ4v) is 3.96. The van der Waals surface area contributed by atoms with Crippen LogP contribution in [0.15, 0.2) is 56.3 Å². The van der Waals surface area contributed by atoms with Crippen LogP contribution in [0.5, 0.6) is 5.75 Å². The zero-order valence-electron chi connectivity index (χ0n) is 13.9. The molecule has 1 heterocycles. The lowest BCUT2D eigenvalue weighted by Gasteiger charge is -2.09. The van der Waals surface area contributed by atoms with Crippen molar-refractivity contribution in [1.82, 2.24) is 4.90 Å². The van der Waals surface area contributed by atoms with Gasteiger partial charge in [0.15, 0.2) is 0 Å². The summed E-state index contributed by atoms with van der Waals surface area (Å²) in [6.07, 6.45) is 6.87. The molecule has 4 nitrogen and oxygen atoms in total. The molecule has 7 heteroatoms. The van der Waals surface area contributed by atoms with E-state index < -0.39 is 0 Å². The third-order valence-electron chi connectivity index (χ3n) is 3.68. The van der Waals surface area contributed by atoms with Gasteiger partial charge in [-0.2, -0.15) is 0 Å². The Balaban J connectivity index is 1.71. The van der Waals surface area contributed by atoms with Crippen molar-refractivity contribution in [2.45, 2.75) is 6.61 Å². The molecule has 1 aliphatic heterocycles. The Bertz CT molecular complexity index is 964. The van der Waals surface area contributed by atoms with Crippen molar-refractivity contribution in [3.8, 4) is 18.1 Å². The summed E-state index contributed by atoms with van der Waals surface area (Å²) >= 11 is 7.78. The van der Waals surface area contributed by atoms with E-state index in [1.54, 1.807) is 6.08 Å². The number of imide groups is 1. The summed E-state index contributed by atoms with van der Waals surface area (Å²) in [5, 5.41) is -0.349. The van der Waals surface area contributed by atoms with Crippen LogP contribution in [0, 0.1) is 12.3 Å². The molecule has 0 radical (unpaired) electrons. The average Bonchev–Trinajstić information content (AvgIpc) is 2.90. The number of carbonyl (C=O) groups is 2. The summed E-state index contributed by atoms with van der Waals surface area (Å²) in [7, 11) is 0. The van der Waals surface area contributed by atoms with Gasteiger partial charge >= 0.3 is 0 Å². The molecule has 0 aliphatic carbocycles. The number of hydrogen-bond acceptors (Lipinski definition) is 4. The molecule has 1 aliphatic rings. The van der Waals surface area contributed by atoms with Crippen LogP contribution in [-0.2, 0) is 11.4 Å². The van der Waals surface area contributed by atoms with Crippen molar-refractivity contribution in [2.24, 2.45) is 0 Å². The highest BCUT2D eigenvalue weighted by Gasteiger charge is 2.34. The van der Waals surface area contributed by atoms with Gasteiger partial charge in [0, 0.05) is 4.47 Å². The second kappa shape index (κ2) is 8.79. The molecule has 0 atom stereocenters. The normalized spacial score (nSPS) is 15.3. The zero-order valence-corrected chi connectivity index (χ0v) is 17.9. The number of terminal acetylenes is 1. The van der Waals surface area contributed by atoms with Gasteiger partial charge in [-0.25, -0.2) is 0 Å². The number of amides is 2. The van der Waals surface area contributed by atoms with Gasteiger partial charge < -0.3 is 4.74 Å². The maximum atomic E-state index is 12.2. The SMILES string of the molecule is C#CCN1C(=O)S/C(=C/c2ccc(OCc3ccc(Br)cc3)c(Br)c2)C1=O. The van der Waals surface area contributed by atoms with E-state index in [0.717, 1.165) is 36.7 Å². The first-order valence-corrected chi connectivity index (χ1v) is 10.2. The highest BCUT2D eigenvalue weighted by Crippen LogP contribution is 2.33. The number of carbonyl (C=O) groups excluding carboxylic acids is 2. The minimum absolute atomic E-state index is 0.0193. The molecule has 0 spiro atoms. The van der Waals surface area contributed by atoms with E-state index in [0.29, 0.717) is 17.3 Å². The summed E-state index contributed by atoms with van der Waals surface area (Å²) in [6, 6.07) is 13.4. The number of rotatable bonds is 5. The van der Waals surface area contributed by atoms with Crippen LogP contribution >= 0.6 is 43.6 Å². The van der Waals surface area contributed by atoms with Crippen molar-refractivity contribution in [3.63, 3.8) is 0 Å². The Labute approximate surface area is 178 Å². The zero-order chi connectivity index (χ0) is 19.4. The third kappa shape index (κ3) is 4.83. The highest BCUT2D eigenvalue weighted by molar-refractivity contribution is 9.10. The monoisotopic (exact) mass is 505 g/mol. The first-order chi connectivity index (χ1) is 13.0. The van der Waals surface area contributed by atoms with Crippen molar-refractivity contribution in [1.29, 1.82) is 0 Å². The summed E-state index contributed by atoms with van der Waals surface area (Å²) in [4.78, 5) is 25.5. The predicted molar refractivity (Wildman–Crippen MR) is 114 cm³/mol. The Morgan fingerprint density at radius 2 is 1.89 bits per heavy atom. The number of nitrogens with zero attached hydrogens (tertiary/aromatic N) is 1. The van der Waals surface area contributed by atoms with E-state index in [2.05, 4.69) is 37.8 Å². The first kappa shape index (κ1) is 19.7. The van der Waals surface area contributed by atoms with E-state index >= 15 is 0 Å². The molecule has 0 bridgehead atoms. The van der Waals surface area contributed by atoms with E-state index in [-0.39, 0.29) is 17.7 Å².